The first-order chi connectivity index (χ1) is 27.2. The van der Waals surface area contributed by atoms with Gasteiger partial charge in [-0.05, 0) is 0 Å². The zero-order valence-corrected chi connectivity index (χ0v) is 38.5. The molecule has 6 aromatic carbocycles. The van der Waals surface area contributed by atoms with Gasteiger partial charge in [0.1, 0.15) is 0 Å². The van der Waals surface area contributed by atoms with Gasteiger partial charge < -0.3 is 0 Å². The Hall–Kier alpha value is -3.52. The molecule has 2 unspecified atom stereocenters. The van der Waals surface area contributed by atoms with Crippen LogP contribution in [0.15, 0.2) is 139 Å². The average Bonchev–Trinajstić information content (AvgIpc) is 3.92. The zero-order chi connectivity index (χ0) is 38.6. The summed E-state index contributed by atoms with van der Waals surface area (Å²) >= 11 is -5.58. The maximum atomic E-state index is 9.34. The van der Waals surface area contributed by atoms with E-state index in [2.05, 4.69) is 167 Å². The molecule has 0 saturated heterocycles. The van der Waals surface area contributed by atoms with E-state index in [4.69, 9.17) is 0 Å². The monoisotopic (exact) mass is 863 g/mol. The van der Waals surface area contributed by atoms with Gasteiger partial charge in [-0.3, -0.25) is 0 Å². The molecule has 6 aromatic rings. The molecule has 0 spiro atoms. The van der Waals surface area contributed by atoms with Crippen molar-refractivity contribution in [1.29, 1.82) is 0 Å². The number of fused-ring (bicyclic) bond motifs is 5. The molecule has 1 heterocycles. The van der Waals surface area contributed by atoms with E-state index in [0.717, 1.165) is 38.5 Å². The second-order valence-corrected chi connectivity index (χ2v) is 39.0. The third-order valence-electron chi connectivity index (χ3n) is 13.2. The van der Waals surface area contributed by atoms with Crippen LogP contribution in [-0.4, -0.2) is 9.52 Å². The molecule has 0 saturated carbocycles. The van der Waals surface area contributed by atoms with Crippen LogP contribution < -0.4 is 13.6 Å². The fourth-order valence-corrected chi connectivity index (χ4v) is 38.7. The molecule has 9 rings (SSSR count). The standard InChI is InChI=1S/2C20H21.C12H9Si.2ClH.Zr/c2*1-3-4-9-16-13-17-10-7-12-19(20(17)14-16)18-11-6-5-8-15(18)2;1-3-7-11-9(5-1)10-6-2-4-8-12(10)13-11;;;/h2*5-8,10-14H,3-4,9H2,1-2H3;1-7H,13H2;2*1H;/q;;;;;+2/p-2. The first-order valence-electron chi connectivity index (χ1n) is 20.8. The van der Waals surface area contributed by atoms with Gasteiger partial charge in [0.25, 0.3) is 0 Å². The Morgan fingerprint density at radius 3 is 1.46 bits per heavy atom. The normalized spacial score (nSPS) is 17.8. The molecule has 0 bridgehead atoms. The van der Waals surface area contributed by atoms with E-state index in [-0.39, 0.29) is 7.25 Å². The van der Waals surface area contributed by atoms with E-state index in [1.807, 2.05) is 0 Å². The molecule has 2 atom stereocenters. The average molecular weight is 866 g/mol. The Morgan fingerprint density at radius 2 is 0.946 bits per heavy atom. The van der Waals surface area contributed by atoms with Crippen molar-refractivity contribution in [3.05, 3.63) is 172 Å². The van der Waals surface area contributed by atoms with Crippen LogP contribution in [0.1, 0.15) is 93.0 Å². The van der Waals surface area contributed by atoms with Crippen molar-refractivity contribution in [2.75, 3.05) is 0 Å². The molecule has 0 fully saturated rings. The summed E-state index contributed by atoms with van der Waals surface area (Å²) in [5.74, 6) is 0. The molecule has 0 radical (unpaired) electrons. The van der Waals surface area contributed by atoms with Crippen molar-refractivity contribution in [1.82, 2.24) is 0 Å². The Balaban J connectivity index is 1.37. The van der Waals surface area contributed by atoms with Crippen molar-refractivity contribution in [2.24, 2.45) is 0 Å². The topological polar surface area (TPSA) is 0 Å². The van der Waals surface area contributed by atoms with Crippen LogP contribution >= 0.6 is 17.0 Å². The Labute approximate surface area is 344 Å². The molecular weight excluding hydrogens is 815 g/mol. The van der Waals surface area contributed by atoms with Gasteiger partial charge in [0.15, 0.2) is 0 Å². The molecule has 4 heteroatoms. The number of benzene rings is 6. The number of aryl methyl sites for hydroxylation is 2. The van der Waals surface area contributed by atoms with E-state index < -0.39 is 25.9 Å². The van der Waals surface area contributed by atoms with E-state index in [9.17, 15) is 17.0 Å². The van der Waals surface area contributed by atoms with Crippen molar-refractivity contribution >= 4 is 52.3 Å². The molecular formula is C52H51Cl2SiZr. The van der Waals surface area contributed by atoms with Crippen LogP contribution in [0.4, 0.5) is 0 Å². The summed E-state index contributed by atoms with van der Waals surface area (Å²) in [6.07, 6.45) is 11.5. The summed E-state index contributed by atoms with van der Waals surface area (Å²) in [7, 11) is 17.8. The van der Waals surface area contributed by atoms with Gasteiger partial charge in [-0.1, -0.05) is 0 Å². The minimum absolute atomic E-state index is 0.0578. The summed E-state index contributed by atoms with van der Waals surface area (Å²) in [6, 6.07) is 47.8. The molecule has 0 N–H and O–H groups in total. The van der Waals surface area contributed by atoms with E-state index in [1.165, 1.54) is 91.6 Å². The van der Waals surface area contributed by atoms with Gasteiger partial charge in [0, 0.05) is 0 Å². The fraction of sp³-hybridized carbons (Fsp3) is 0.231. The quantitative estimate of drug-likeness (QED) is 0.114. The Morgan fingerprint density at radius 1 is 0.500 bits per heavy atom. The van der Waals surface area contributed by atoms with Crippen molar-refractivity contribution < 1.29 is 16.4 Å². The minimum atomic E-state index is -5.58. The van der Waals surface area contributed by atoms with Gasteiger partial charge >= 0.3 is 348 Å². The summed E-state index contributed by atoms with van der Waals surface area (Å²) in [6.45, 7) is 9.09. The molecule has 0 amide bonds. The Kier molecular flexibility index (Phi) is 10.2. The van der Waals surface area contributed by atoms with Crippen molar-refractivity contribution in [3.63, 3.8) is 0 Å². The van der Waals surface area contributed by atoms with Gasteiger partial charge in [-0.2, -0.15) is 0 Å². The molecule has 1 aliphatic heterocycles. The predicted octanol–water partition coefficient (Wildman–Crippen LogP) is 13.0. The van der Waals surface area contributed by atoms with Gasteiger partial charge in [0.2, 0.25) is 0 Å². The fourth-order valence-electron chi connectivity index (χ4n) is 10.7. The molecule has 0 nitrogen and oxygen atoms in total. The summed E-state index contributed by atoms with van der Waals surface area (Å²) in [4.78, 5) is 0. The third kappa shape index (κ3) is 6.00. The van der Waals surface area contributed by atoms with Gasteiger partial charge in [-0.25, -0.2) is 0 Å². The van der Waals surface area contributed by atoms with Crippen LogP contribution in [0.25, 0.3) is 45.5 Å². The third-order valence-corrected chi connectivity index (χ3v) is 36.0. The molecule has 2 aliphatic carbocycles. The molecule has 0 aromatic heterocycles. The molecule has 56 heavy (non-hydrogen) atoms. The number of rotatable bonds is 11. The maximum absolute atomic E-state index is 9.34. The first-order valence-corrected chi connectivity index (χ1v) is 32.6. The summed E-state index contributed by atoms with van der Waals surface area (Å²) in [5, 5.41) is 2.99. The Bertz CT molecular complexity index is 2450. The van der Waals surface area contributed by atoms with Crippen LogP contribution in [0.2, 0.25) is 0 Å². The second kappa shape index (κ2) is 15.0. The zero-order valence-electron chi connectivity index (χ0n) is 33.1. The molecule has 3 aliphatic rings. The van der Waals surface area contributed by atoms with Crippen LogP contribution in [0, 0.1) is 13.8 Å². The molecule has 281 valence electrons. The number of unbranched alkanes of at least 4 members (excludes halogenated alkanes) is 2. The van der Waals surface area contributed by atoms with Crippen LogP contribution in [0.3, 0.4) is 0 Å². The summed E-state index contributed by atoms with van der Waals surface area (Å²) in [5.41, 5.74) is 18.7. The van der Waals surface area contributed by atoms with E-state index in [0.29, 0.717) is 0 Å². The van der Waals surface area contributed by atoms with Crippen LogP contribution in [0.5, 0.6) is 0 Å². The first kappa shape index (κ1) is 38.0. The number of allylic oxidation sites excluding steroid dienone is 2. The van der Waals surface area contributed by atoms with E-state index >= 15 is 0 Å². The summed E-state index contributed by atoms with van der Waals surface area (Å²) < 4.78 is 1.20. The predicted molar refractivity (Wildman–Crippen MR) is 245 cm³/mol. The number of hydrogen-bond acceptors (Lipinski definition) is 0. The van der Waals surface area contributed by atoms with Crippen LogP contribution in [-0.2, 0) is 16.4 Å². The van der Waals surface area contributed by atoms with Gasteiger partial charge in [-0.15, -0.1) is 0 Å². The van der Waals surface area contributed by atoms with Gasteiger partial charge in [0.05, 0.1) is 0 Å². The van der Waals surface area contributed by atoms with E-state index in [1.54, 1.807) is 0 Å². The van der Waals surface area contributed by atoms with Crippen molar-refractivity contribution in [2.45, 2.75) is 73.5 Å². The van der Waals surface area contributed by atoms with Crippen molar-refractivity contribution in [3.8, 4) is 33.4 Å². The number of halogens is 2. The second-order valence-electron chi connectivity index (χ2n) is 16.6. The number of hydrogen-bond donors (Lipinski definition) is 0. The SMILES string of the molecule is CCCCC1=Cc2c(-c3ccccc3C)cccc2[CH]1[Zr]([Cl])([Cl])([c]1cccc2c1[SiH2]c1ccccc1-2)[CH]1C(CCCC)=Cc2c(-c3ccccc3C)cccc21.